The van der Waals surface area contributed by atoms with Gasteiger partial charge < -0.3 is 5.11 Å². The molecule has 0 heterocycles. The van der Waals surface area contributed by atoms with E-state index in [0.717, 1.165) is 6.42 Å². The number of benzene rings is 2. The van der Waals surface area contributed by atoms with Crippen molar-refractivity contribution in [1.82, 2.24) is 0 Å². The number of hydrogen-bond acceptors (Lipinski definition) is 1. The Labute approximate surface area is 95.4 Å². The fourth-order valence-electron chi connectivity index (χ4n) is 2.70. The third-order valence-electron chi connectivity index (χ3n) is 3.38. The highest BCUT2D eigenvalue weighted by molar-refractivity contribution is 5.78. The average Bonchev–Trinajstić information content (AvgIpc) is 2.66. The molecule has 0 aromatic heterocycles. The molecule has 2 aromatic rings. The Hall–Kier alpha value is -1.60. The summed E-state index contributed by atoms with van der Waals surface area (Å²) in [5.41, 5.74) is 5.38. The molecule has 1 heteroatoms. The van der Waals surface area contributed by atoms with Crippen LogP contribution in [0.5, 0.6) is 0 Å². The molecule has 0 spiro atoms. The van der Waals surface area contributed by atoms with E-state index in [0.29, 0.717) is 5.92 Å². The molecule has 0 fully saturated rings. The van der Waals surface area contributed by atoms with Gasteiger partial charge in [0.2, 0.25) is 0 Å². The van der Waals surface area contributed by atoms with Crippen molar-refractivity contribution in [2.24, 2.45) is 0 Å². The summed E-state index contributed by atoms with van der Waals surface area (Å²) < 4.78 is 0. The van der Waals surface area contributed by atoms with Gasteiger partial charge in [0, 0.05) is 12.5 Å². The highest BCUT2D eigenvalue weighted by Gasteiger charge is 2.26. The summed E-state index contributed by atoms with van der Waals surface area (Å²) in [4.78, 5) is 0. The molecule has 0 atom stereocenters. The molecule has 1 aliphatic carbocycles. The molecule has 80 valence electrons. The standard InChI is InChI=1S/C15H14O/c16-10-9-15-13-7-3-1-5-11(13)12-6-2-4-8-14(12)15/h1-8,15-16H,9-10H2. The van der Waals surface area contributed by atoms with E-state index in [1.165, 1.54) is 22.3 Å². The molecule has 0 bridgehead atoms. The molecule has 1 nitrogen and oxygen atoms in total. The molecule has 16 heavy (non-hydrogen) atoms. The summed E-state index contributed by atoms with van der Waals surface area (Å²) in [6, 6.07) is 17.0. The van der Waals surface area contributed by atoms with Crippen molar-refractivity contribution in [3.8, 4) is 11.1 Å². The Kier molecular flexibility index (Phi) is 2.26. The number of fused-ring (bicyclic) bond motifs is 3. The van der Waals surface area contributed by atoms with Gasteiger partial charge in [0.15, 0.2) is 0 Å². The van der Waals surface area contributed by atoms with Gasteiger partial charge in [-0.25, -0.2) is 0 Å². The third kappa shape index (κ3) is 1.29. The molecule has 1 aliphatic rings. The zero-order valence-electron chi connectivity index (χ0n) is 9.06. The van der Waals surface area contributed by atoms with Crippen molar-refractivity contribution in [2.45, 2.75) is 12.3 Å². The smallest absolute Gasteiger partial charge is 0.0440 e. The first-order valence-electron chi connectivity index (χ1n) is 5.71. The zero-order chi connectivity index (χ0) is 11.0. The van der Waals surface area contributed by atoms with E-state index >= 15 is 0 Å². The molecule has 0 amide bonds. The lowest BCUT2D eigenvalue weighted by molar-refractivity contribution is 0.282. The summed E-state index contributed by atoms with van der Waals surface area (Å²) in [6.45, 7) is 0.243. The van der Waals surface area contributed by atoms with E-state index in [9.17, 15) is 5.11 Å². The number of aliphatic hydroxyl groups excluding tert-OH is 1. The minimum atomic E-state index is 0.243. The van der Waals surface area contributed by atoms with E-state index < -0.39 is 0 Å². The molecule has 0 saturated heterocycles. The van der Waals surface area contributed by atoms with Crippen molar-refractivity contribution in [3.05, 3.63) is 59.7 Å². The van der Waals surface area contributed by atoms with Gasteiger partial charge in [-0.15, -0.1) is 0 Å². The minimum Gasteiger partial charge on any atom is -0.396 e. The van der Waals surface area contributed by atoms with Crippen molar-refractivity contribution in [1.29, 1.82) is 0 Å². The maximum Gasteiger partial charge on any atom is 0.0440 e. The van der Waals surface area contributed by atoms with Crippen molar-refractivity contribution < 1.29 is 5.11 Å². The molecule has 0 aliphatic heterocycles. The van der Waals surface area contributed by atoms with E-state index in [-0.39, 0.29) is 6.61 Å². The van der Waals surface area contributed by atoms with Gasteiger partial charge in [0.25, 0.3) is 0 Å². The quantitative estimate of drug-likeness (QED) is 0.807. The van der Waals surface area contributed by atoms with Crippen LogP contribution < -0.4 is 0 Å². The highest BCUT2D eigenvalue weighted by atomic mass is 16.3. The monoisotopic (exact) mass is 210 g/mol. The van der Waals surface area contributed by atoms with Gasteiger partial charge in [-0.05, 0) is 28.7 Å². The lowest BCUT2D eigenvalue weighted by atomic mass is 9.94. The van der Waals surface area contributed by atoms with Crippen molar-refractivity contribution in [3.63, 3.8) is 0 Å². The summed E-state index contributed by atoms with van der Waals surface area (Å²) in [6.07, 6.45) is 0.814. The van der Waals surface area contributed by atoms with Crippen LogP contribution >= 0.6 is 0 Å². The van der Waals surface area contributed by atoms with E-state index in [1.54, 1.807) is 0 Å². The Bertz CT molecular complexity index is 471. The first-order chi connectivity index (χ1) is 7.92. The van der Waals surface area contributed by atoms with Crippen LogP contribution in [0.25, 0.3) is 11.1 Å². The van der Waals surface area contributed by atoms with Crippen LogP contribution in [-0.2, 0) is 0 Å². The van der Waals surface area contributed by atoms with E-state index in [1.807, 2.05) is 0 Å². The van der Waals surface area contributed by atoms with Crippen molar-refractivity contribution in [2.75, 3.05) is 6.61 Å². The first-order valence-corrected chi connectivity index (χ1v) is 5.71. The second-order valence-corrected chi connectivity index (χ2v) is 4.24. The molecule has 3 rings (SSSR count). The Morgan fingerprint density at radius 2 is 1.31 bits per heavy atom. The minimum absolute atomic E-state index is 0.243. The highest BCUT2D eigenvalue weighted by Crippen LogP contribution is 2.45. The van der Waals surface area contributed by atoms with Crippen LogP contribution in [0.2, 0.25) is 0 Å². The van der Waals surface area contributed by atoms with E-state index in [2.05, 4.69) is 48.5 Å². The molecule has 0 saturated carbocycles. The second kappa shape index (κ2) is 3.76. The topological polar surface area (TPSA) is 20.2 Å². The maximum absolute atomic E-state index is 9.18. The van der Waals surface area contributed by atoms with Crippen LogP contribution in [0.15, 0.2) is 48.5 Å². The molecule has 2 aromatic carbocycles. The van der Waals surface area contributed by atoms with Crippen LogP contribution in [-0.4, -0.2) is 11.7 Å². The Morgan fingerprint density at radius 3 is 1.81 bits per heavy atom. The first kappa shape index (κ1) is 9.61. The molecular formula is C15H14O. The third-order valence-corrected chi connectivity index (χ3v) is 3.38. The molecule has 0 radical (unpaired) electrons. The Balaban J connectivity index is 2.21. The molecular weight excluding hydrogens is 196 g/mol. The van der Waals surface area contributed by atoms with Gasteiger partial charge in [0.05, 0.1) is 0 Å². The lowest BCUT2D eigenvalue weighted by Gasteiger charge is -2.11. The van der Waals surface area contributed by atoms with E-state index in [4.69, 9.17) is 0 Å². The summed E-state index contributed by atoms with van der Waals surface area (Å²) >= 11 is 0. The summed E-state index contributed by atoms with van der Waals surface area (Å²) in [5, 5.41) is 9.18. The SMILES string of the molecule is OCCC1c2ccccc2-c2ccccc21. The number of hydrogen-bond donors (Lipinski definition) is 1. The van der Waals surface area contributed by atoms with Crippen LogP contribution in [0.4, 0.5) is 0 Å². The number of rotatable bonds is 2. The average molecular weight is 210 g/mol. The van der Waals surface area contributed by atoms with Gasteiger partial charge in [-0.2, -0.15) is 0 Å². The predicted molar refractivity (Wildman–Crippen MR) is 65.4 cm³/mol. The van der Waals surface area contributed by atoms with Crippen LogP contribution in [0.3, 0.4) is 0 Å². The summed E-state index contributed by atoms with van der Waals surface area (Å²) in [5.74, 6) is 0.373. The largest absolute Gasteiger partial charge is 0.396 e. The predicted octanol–water partition coefficient (Wildman–Crippen LogP) is 3.18. The zero-order valence-corrected chi connectivity index (χ0v) is 9.06. The van der Waals surface area contributed by atoms with Gasteiger partial charge in [-0.1, -0.05) is 48.5 Å². The normalized spacial score (nSPS) is 13.6. The summed E-state index contributed by atoms with van der Waals surface area (Å²) in [7, 11) is 0. The molecule has 1 N–H and O–H groups in total. The Morgan fingerprint density at radius 1 is 0.812 bits per heavy atom. The van der Waals surface area contributed by atoms with Crippen LogP contribution in [0, 0.1) is 0 Å². The maximum atomic E-state index is 9.18. The molecule has 0 unspecified atom stereocenters. The van der Waals surface area contributed by atoms with Gasteiger partial charge in [-0.3, -0.25) is 0 Å². The number of aliphatic hydroxyl groups is 1. The fraction of sp³-hybridized carbons (Fsp3) is 0.200. The van der Waals surface area contributed by atoms with Crippen molar-refractivity contribution >= 4 is 0 Å². The van der Waals surface area contributed by atoms with Gasteiger partial charge >= 0.3 is 0 Å². The lowest BCUT2D eigenvalue weighted by Crippen LogP contribution is -1.99. The second-order valence-electron chi connectivity index (χ2n) is 4.24. The van der Waals surface area contributed by atoms with Crippen LogP contribution in [0.1, 0.15) is 23.5 Å². The van der Waals surface area contributed by atoms with Gasteiger partial charge in [0.1, 0.15) is 0 Å². The fourth-order valence-corrected chi connectivity index (χ4v) is 2.70.